The standard InChI is InChI=1S/C13H23NO3S/c1-4-8-14(9-7-13(16)17-6-3)12(15)11-18-10-5-2/h5H,2,4,6-11H2,1,3H3. The van der Waals surface area contributed by atoms with E-state index in [0.717, 1.165) is 12.2 Å². The van der Waals surface area contributed by atoms with Gasteiger partial charge in [-0.15, -0.1) is 18.3 Å². The molecule has 0 spiro atoms. The zero-order valence-corrected chi connectivity index (χ0v) is 12.1. The summed E-state index contributed by atoms with van der Waals surface area (Å²) in [5, 5.41) is 0. The number of amides is 1. The highest BCUT2D eigenvalue weighted by Crippen LogP contribution is 2.05. The Morgan fingerprint density at radius 3 is 2.61 bits per heavy atom. The van der Waals surface area contributed by atoms with Crippen LogP contribution in [0.15, 0.2) is 12.7 Å². The smallest absolute Gasteiger partial charge is 0.307 e. The molecule has 104 valence electrons. The summed E-state index contributed by atoms with van der Waals surface area (Å²) in [6, 6.07) is 0. The van der Waals surface area contributed by atoms with E-state index < -0.39 is 0 Å². The lowest BCUT2D eigenvalue weighted by molar-refractivity contribution is -0.143. The average Bonchev–Trinajstić information content (AvgIpc) is 2.35. The van der Waals surface area contributed by atoms with Crippen LogP contribution >= 0.6 is 11.8 Å². The molecular formula is C13H23NO3S. The summed E-state index contributed by atoms with van der Waals surface area (Å²) < 4.78 is 4.85. The monoisotopic (exact) mass is 273 g/mol. The number of carbonyl (C=O) groups is 2. The first kappa shape index (κ1) is 17.0. The van der Waals surface area contributed by atoms with Gasteiger partial charge in [0.25, 0.3) is 0 Å². The second kappa shape index (κ2) is 11.1. The maximum absolute atomic E-state index is 11.9. The molecule has 0 atom stereocenters. The van der Waals surface area contributed by atoms with E-state index >= 15 is 0 Å². The molecule has 0 saturated carbocycles. The van der Waals surface area contributed by atoms with Gasteiger partial charge in [0.1, 0.15) is 0 Å². The Morgan fingerprint density at radius 2 is 2.06 bits per heavy atom. The number of carbonyl (C=O) groups excluding carboxylic acids is 2. The van der Waals surface area contributed by atoms with Gasteiger partial charge in [-0.25, -0.2) is 0 Å². The molecule has 0 aromatic heterocycles. The molecule has 0 N–H and O–H groups in total. The Hall–Kier alpha value is -0.970. The maximum Gasteiger partial charge on any atom is 0.307 e. The van der Waals surface area contributed by atoms with E-state index in [1.807, 2.05) is 6.92 Å². The van der Waals surface area contributed by atoms with Gasteiger partial charge >= 0.3 is 5.97 Å². The molecule has 0 aliphatic rings. The number of esters is 1. The van der Waals surface area contributed by atoms with Crippen LogP contribution in [0.4, 0.5) is 0 Å². The van der Waals surface area contributed by atoms with Gasteiger partial charge in [0.05, 0.1) is 18.8 Å². The molecule has 1 amide bonds. The molecule has 0 aliphatic carbocycles. The Kier molecular flexibility index (Phi) is 10.5. The van der Waals surface area contributed by atoms with Crippen LogP contribution in [0.5, 0.6) is 0 Å². The third kappa shape index (κ3) is 8.17. The average molecular weight is 273 g/mol. The van der Waals surface area contributed by atoms with Crippen molar-refractivity contribution in [1.29, 1.82) is 0 Å². The van der Waals surface area contributed by atoms with Crippen LogP contribution in [-0.2, 0) is 14.3 Å². The lowest BCUT2D eigenvalue weighted by atomic mass is 10.3. The topological polar surface area (TPSA) is 46.6 Å². The maximum atomic E-state index is 11.9. The largest absolute Gasteiger partial charge is 0.466 e. The highest BCUT2D eigenvalue weighted by atomic mass is 32.2. The molecule has 0 saturated heterocycles. The third-order valence-electron chi connectivity index (χ3n) is 2.20. The summed E-state index contributed by atoms with van der Waals surface area (Å²) in [7, 11) is 0. The van der Waals surface area contributed by atoms with Crippen LogP contribution in [-0.4, -0.2) is 48.0 Å². The summed E-state index contributed by atoms with van der Waals surface area (Å²) >= 11 is 1.53. The van der Waals surface area contributed by atoms with Crippen LogP contribution in [0.25, 0.3) is 0 Å². The minimum Gasteiger partial charge on any atom is -0.466 e. The first-order valence-electron chi connectivity index (χ1n) is 6.27. The number of hydrogen-bond donors (Lipinski definition) is 0. The molecule has 0 fully saturated rings. The van der Waals surface area contributed by atoms with Crippen molar-refractivity contribution in [2.75, 3.05) is 31.2 Å². The van der Waals surface area contributed by atoms with Crippen LogP contribution < -0.4 is 0 Å². The Morgan fingerprint density at radius 1 is 1.33 bits per heavy atom. The summed E-state index contributed by atoms with van der Waals surface area (Å²) in [6.07, 6.45) is 2.94. The van der Waals surface area contributed by atoms with E-state index in [0.29, 0.717) is 25.4 Å². The molecule has 5 heteroatoms. The summed E-state index contributed by atoms with van der Waals surface area (Å²) in [5.41, 5.74) is 0. The van der Waals surface area contributed by atoms with Gasteiger partial charge < -0.3 is 9.64 Å². The van der Waals surface area contributed by atoms with Crippen LogP contribution in [0.2, 0.25) is 0 Å². The second-order valence-corrected chi connectivity index (χ2v) is 4.77. The van der Waals surface area contributed by atoms with E-state index in [4.69, 9.17) is 4.74 Å². The number of rotatable bonds is 10. The molecule has 18 heavy (non-hydrogen) atoms. The molecule has 0 aromatic rings. The first-order valence-corrected chi connectivity index (χ1v) is 7.43. The molecular weight excluding hydrogens is 250 g/mol. The quantitative estimate of drug-likeness (QED) is 0.347. The van der Waals surface area contributed by atoms with Gasteiger partial charge in [-0.2, -0.15) is 0 Å². The van der Waals surface area contributed by atoms with E-state index in [2.05, 4.69) is 6.58 Å². The van der Waals surface area contributed by atoms with Crippen LogP contribution in [0.1, 0.15) is 26.7 Å². The SMILES string of the molecule is C=CCSCC(=O)N(CCC)CCC(=O)OCC. The van der Waals surface area contributed by atoms with E-state index in [1.165, 1.54) is 11.8 Å². The highest BCUT2D eigenvalue weighted by molar-refractivity contribution is 8.00. The van der Waals surface area contributed by atoms with Crippen LogP contribution in [0.3, 0.4) is 0 Å². The first-order chi connectivity index (χ1) is 8.65. The predicted molar refractivity (Wildman–Crippen MR) is 75.6 cm³/mol. The Bertz CT molecular complexity index is 269. The minimum absolute atomic E-state index is 0.0769. The van der Waals surface area contributed by atoms with Gasteiger partial charge in [-0.1, -0.05) is 13.0 Å². The molecule has 4 nitrogen and oxygen atoms in total. The zero-order valence-electron chi connectivity index (χ0n) is 11.3. The lowest BCUT2D eigenvalue weighted by Crippen LogP contribution is -2.35. The van der Waals surface area contributed by atoms with Crippen molar-refractivity contribution in [3.8, 4) is 0 Å². The van der Waals surface area contributed by atoms with Crippen molar-refractivity contribution in [3.63, 3.8) is 0 Å². The normalized spacial score (nSPS) is 9.89. The van der Waals surface area contributed by atoms with Gasteiger partial charge in [-0.3, -0.25) is 9.59 Å². The van der Waals surface area contributed by atoms with Gasteiger partial charge in [0.15, 0.2) is 0 Å². The highest BCUT2D eigenvalue weighted by Gasteiger charge is 2.14. The zero-order chi connectivity index (χ0) is 13.8. The molecule has 0 rings (SSSR count). The Labute approximate surface area is 114 Å². The summed E-state index contributed by atoms with van der Waals surface area (Å²) in [6.45, 7) is 8.92. The van der Waals surface area contributed by atoms with Crippen molar-refractivity contribution < 1.29 is 14.3 Å². The minimum atomic E-state index is -0.245. The van der Waals surface area contributed by atoms with Crippen molar-refractivity contribution >= 4 is 23.6 Å². The van der Waals surface area contributed by atoms with Gasteiger partial charge in [0, 0.05) is 18.8 Å². The summed E-state index contributed by atoms with van der Waals surface area (Å²) in [4.78, 5) is 24.9. The number of nitrogens with zero attached hydrogens (tertiary/aromatic N) is 1. The molecule has 0 heterocycles. The van der Waals surface area contributed by atoms with E-state index in [-0.39, 0.29) is 18.3 Å². The molecule has 0 aromatic carbocycles. The van der Waals surface area contributed by atoms with Crippen molar-refractivity contribution in [3.05, 3.63) is 12.7 Å². The number of thioether (sulfide) groups is 1. The van der Waals surface area contributed by atoms with Crippen LogP contribution in [0, 0.1) is 0 Å². The molecule has 0 aliphatic heterocycles. The van der Waals surface area contributed by atoms with E-state index in [1.54, 1.807) is 17.9 Å². The fourth-order valence-electron chi connectivity index (χ4n) is 1.41. The Balaban J connectivity index is 4.07. The number of ether oxygens (including phenoxy) is 1. The van der Waals surface area contributed by atoms with E-state index in [9.17, 15) is 9.59 Å². The fourth-order valence-corrected chi connectivity index (χ4v) is 2.05. The molecule has 0 unspecified atom stereocenters. The van der Waals surface area contributed by atoms with Crippen molar-refractivity contribution in [1.82, 2.24) is 4.90 Å². The molecule has 0 radical (unpaired) electrons. The predicted octanol–water partition coefficient (Wildman–Crippen LogP) is 2.10. The third-order valence-corrected chi connectivity index (χ3v) is 3.12. The number of hydrogen-bond acceptors (Lipinski definition) is 4. The van der Waals surface area contributed by atoms with Gasteiger partial charge in [-0.05, 0) is 13.3 Å². The molecule has 0 bridgehead atoms. The lowest BCUT2D eigenvalue weighted by Gasteiger charge is -2.21. The van der Waals surface area contributed by atoms with Gasteiger partial charge in [0.2, 0.25) is 5.91 Å². The van der Waals surface area contributed by atoms with Crippen molar-refractivity contribution in [2.24, 2.45) is 0 Å². The second-order valence-electron chi connectivity index (χ2n) is 3.74. The summed E-state index contributed by atoms with van der Waals surface area (Å²) in [5.74, 6) is 1.04. The van der Waals surface area contributed by atoms with Crippen molar-refractivity contribution in [2.45, 2.75) is 26.7 Å². The fraction of sp³-hybridized carbons (Fsp3) is 0.692.